The number of benzene rings is 7. The van der Waals surface area contributed by atoms with E-state index in [1.54, 1.807) is 0 Å². The van der Waals surface area contributed by atoms with Crippen molar-refractivity contribution in [2.24, 2.45) is 0 Å². The van der Waals surface area contributed by atoms with Gasteiger partial charge in [0.2, 0.25) is 0 Å². The predicted molar refractivity (Wildman–Crippen MR) is 207 cm³/mol. The summed E-state index contributed by atoms with van der Waals surface area (Å²) in [6, 6.07) is 58.0. The smallest absolute Gasteiger partial charge is 0.164 e. The van der Waals surface area contributed by atoms with E-state index in [1.807, 2.05) is 72.8 Å². The number of fused-ring (bicyclic) bond motifs is 7. The minimum atomic E-state index is 0.634. The quantitative estimate of drug-likeness (QED) is 0.173. The van der Waals surface area contributed by atoms with Crippen LogP contribution >= 0.6 is 0 Å². The first-order valence-corrected chi connectivity index (χ1v) is 17.0. The number of furan rings is 1. The Hall–Kier alpha value is -6.98. The second-order valence-electron chi connectivity index (χ2n) is 12.6. The molecule has 3 aromatic heterocycles. The average Bonchev–Trinajstić information content (AvgIpc) is 3.61. The fourth-order valence-corrected chi connectivity index (χ4v) is 7.01. The van der Waals surface area contributed by atoms with Crippen molar-refractivity contribution < 1.29 is 4.42 Å². The van der Waals surface area contributed by atoms with Gasteiger partial charge < -0.3 is 4.42 Å². The maximum absolute atomic E-state index is 6.56. The molecule has 0 unspecified atom stereocenters. The van der Waals surface area contributed by atoms with E-state index in [1.165, 1.54) is 10.8 Å². The van der Waals surface area contributed by atoms with Crippen LogP contribution in [0.1, 0.15) is 0 Å². The van der Waals surface area contributed by atoms with Crippen molar-refractivity contribution in [3.05, 3.63) is 170 Å². The topological polar surface area (TPSA) is 64.7 Å². The third-order valence-corrected chi connectivity index (χ3v) is 9.53. The lowest BCUT2D eigenvalue weighted by molar-refractivity contribution is 0.669. The normalized spacial score (nSPS) is 11.5. The van der Waals surface area contributed by atoms with Crippen molar-refractivity contribution >= 4 is 43.6 Å². The number of para-hydroxylation sites is 1. The Kier molecular flexibility index (Phi) is 6.74. The molecule has 7 aromatic carbocycles. The zero-order chi connectivity index (χ0) is 33.7. The van der Waals surface area contributed by atoms with Crippen molar-refractivity contribution in [1.82, 2.24) is 19.9 Å². The minimum absolute atomic E-state index is 0.634. The van der Waals surface area contributed by atoms with E-state index in [-0.39, 0.29) is 0 Å². The van der Waals surface area contributed by atoms with Crippen molar-refractivity contribution in [3.8, 4) is 56.5 Å². The Balaban J connectivity index is 1.03. The molecule has 0 fully saturated rings. The van der Waals surface area contributed by atoms with Gasteiger partial charge in [-0.2, -0.15) is 0 Å². The molecule has 3 heterocycles. The van der Waals surface area contributed by atoms with Gasteiger partial charge in [-0.3, -0.25) is 0 Å². The number of hydrogen-bond acceptors (Lipinski definition) is 5. The maximum atomic E-state index is 6.56. The summed E-state index contributed by atoms with van der Waals surface area (Å²) in [7, 11) is 0. The molecule has 0 N–H and O–H groups in total. The van der Waals surface area contributed by atoms with E-state index in [9.17, 15) is 0 Å². The number of nitrogens with zero attached hydrogens (tertiary/aromatic N) is 4. The van der Waals surface area contributed by atoms with Crippen LogP contribution in [-0.4, -0.2) is 19.9 Å². The summed E-state index contributed by atoms with van der Waals surface area (Å²) in [6.45, 7) is 0. The number of rotatable bonds is 5. The lowest BCUT2D eigenvalue weighted by Gasteiger charge is -2.10. The highest BCUT2D eigenvalue weighted by molar-refractivity contribution is 6.27. The third kappa shape index (κ3) is 5.03. The molecule has 10 rings (SSSR count). The van der Waals surface area contributed by atoms with Crippen molar-refractivity contribution in [2.45, 2.75) is 0 Å². The predicted octanol–water partition coefficient (Wildman–Crippen LogP) is 11.8. The van der Waals surface area contributed by atoms with Crippen LogP contribution in [0.3, 0.4) is 0 Å². The second kappa shape index (κ2) is 11.9. The van der Waals surface area contributed by atoms with E-state index >= 15 is 0 Å². The molecule has 238 valence electrons. The fourth-order valence-electron chi connectivity index (χ4n) is 7.01. The van der Waals surface area contributed by atoms with Crippen molar-refractivity contribution in [1.29, 1.82) is 0 Å². The maximum Gasteiger partial charge on any atom is 0.164 e. The van der Waals surface area contributed by atoms with Gasteiger partial charge in [-0.25, -0.2) is 19.9 Å². The highest BCUT2D eigenvalue weighted by Gasteiger charge is 2.19. The summed E-state index contributed by atoms with van der Waals surface area (Å²) in [5, 5.41) is 5.68. The van der Waals surface area contributed by atoms with Crippen LogP contribution in [0, 0.1) is 0 Å². The zero-order valence-electron chi connectivity index (χ0n) is 27.4. The first-order valence-electron chi connectivity index (χ1n) is 17.0. The molecule has 5 heteroatoms. The second-order valence-corrected chi connectivity index (χ2v) is 12.6. The molecular weight excluding hydrogens is 625 g/mol. The summed E-state index contributed by atoms with van der Waals surface area (Å²) in [4.78, 5) is 19.8. The Morgan fingerprint density at radius 1 is 0.333 bits per heavy atom. The van der Waals surface area contributed by atoms with Crippen LogP contribution < -0.4 is 0 Å². The van der Waals surface area contributed by atoms with E-state index < -0.39 is 0 Å². The Bertz CT molecular complexity index is 2820. The molecule has 0 spiro atoms. The highest BCUT2D eigenvalue weighted by Crippen LogP contribution is 2.42. The molecule has 5 nitrogen and oxygen atoms in total. The van der Waals surface area contributed by atoms with E-state index in [0.717, 1.165) is 71.9 Å². The van der Waals surface area contributed by atoms with Gasteiger partial charge >= 0.3 is 0 Å². The fraction of sp³-hybridized carbons (Fsp3) is 0. The number of aromatic nitrogens is 4. The summed E-state index contributed by atoms with van der Waals surface area (Å²) in [5.41, 5.74) is 9.47. The average molecular weight is 653 g/mol. The first-order chi connectivity index (χ1) is 25.3. The van der Waals surface area contributed by atoms with Gasteiger partial charge in [-0.05, 0) is 34.0 Å². The summed E-state index contributed by atoms with van der Waals surface area (Å²) >= 11 is 0. The molecule has 51 heavy (non-hydrogen) atoms. The van der Waals surface area contributed by atoms with E-state index in [2.05, 4.69) is 97.1 Å². The Morgan fingerprint density at radius 2 is 0.824 bits per heavy atom. The van der Waals surface area contributed by atoms with Gasteiger partial charge in [0, 0.05) is 38.4 Å². The van der Waals surface area contributed by atoms with E-state index in [0.29, 0.717) is 17.5 Å². The van der Waals surface area contributed by atoms with Crippen LogP contribution in [0.15, 0.2) is 174 Å². The van der Waals surface area contributed by atoms with Crippen LogP contribution in [0.4, 0.5) is 0 Å². The van der Waals surface area contributed by atoms with Crippen LogP contribution in [0.2, 0.25) is 0 Å². The van der Waals surface area contributed by atoms with Gasteiger partial charge in [-0.1, -0.05) is 158 Å². The molecule has 0 amide bonds. The van der Waals surface area contributed by atoms with Gasteiger partial charge in [0.25, 0.3) is 0 Å². The summed E-state index contributed by atoms with van der Waals surface area (Å²) in [6.07, 6.45) is 0. The van der Waals surface area contributed by atoms with Crippen LogP contribution in [0.5, 0.6) is 0 Å². The highest BCUT2D eigenvalue weighted by atomic mass is 16.3. The lowest BCUT2D eigenvalue weighted by Crippen LogP contribution is -2.00. The zero-order valence-corrected chi connectivity index (χ0v) is 27.4. The van der Waals surface area contributed by atoms with Gasteiger partial charge in [-0.15, -0.1) is 0 Å². The molecule has 0 bridgehead atoms. The molecule has 0 aliphatic rings. The molecule has 0 saturated heterocycles. The largest absolute Gasteiger partial charge is 0.454 e. The summed E-state index contributed by atoms with van der Waals surface area (Å²) < 4.78 is 6.56. The molecule has 0 saturated carbocycles. The van der Waals surface area contributed by atoms with Crippen molar-refractivity contribution in [2.75, 3.05) is 0 Å². The van der Waals surface area contributed by atoms with Gasteiger partial charge in [0.05, 0.1) is 5.52 Å². The summed E-state index contributed by atoms with van der Waals surface area (Å²) in [5.74, 6) is 1.93. The van der Waals surface area contributed by atoms with Crippen LogP contribution in [-0.2, 0) is 0 Å². The molecule has 10 aromatic rings. The Morgan fingerprint density at radius 3 is 1.45 bits per heavy atom. The standard InChI is InChI=1S/C46H28N4O/c1-3-12-33(13-4-1)44-48-45(34-14-5-2-6-15-34)50-46(49-44)35-25-21-30(22-26-35)29-19-23-32(24-20-29)42-43-41(37-17-9-10-18-39(37)51-43)40-36-16-8-7-11-31(36)27-28-38(40)47-42/h1-28H. The van der Waals surface area contributed by atoms with Crippen molar-refractivity contribution in [3.63, 3.8) is 0 Å². The van der Waals surface area contributed by atoms with Crippen LogP contribution in [0.25, 0.3) is 100 Å². The minimum Gasteiger partial charge on any atom is -0.454 e. The van der Waals surface area contributed by atoms with E-state index in [4.69, 9.17) is 24.4 Å². The monoisotopic (exact) mass is 652 g/mol. The van der Waals surface area contributed by atoms with Gasteiger partial charge in [0.15, 0.2) is 23.1 Å². The van der Waals surface area contributed by atoms with Gasteiger partial charge in [0.1, 0.15) is 11.3 Å². The number of pyridine rings is 1. The molecule has 0 aliphatic heterocycles. The Labute approximate surface area is 293 Å². The molecule has 0 radical (unpaired) electrons. The SMILES string of the molecule is c1ccc(-c2nc(-c3ccccc3)nc(-c3ccc(-c4ccc(-c5nc6ccc7ccccc7c6c6c5oc5ccccc56)cc4)cc3)n2)cc1. The third-order valence-electron chi connectivity index (χ3n) is 9.53. The molecular formula is C46H28N4O. The first kappa shape index (κ1) is 29.0. The number of hydrogen-bond donors (Lipinski definition) is 0. The molecule has 0 aliphatic carbocycles. The molecule has 0 atom stereocenters. The lowest BCUT2D eigenvalue weighted by atomic mass is 9.97.